The fourth-order valence-corrected chi connectivity index (χ4v) is 4.44. The molecule has 1 aliphatic carbocycles. The first-order valence-electron chi connectivity index (χ1n) is 10.3. The van der Waals surface area contributed by atoms with Crippen LogP contribution in [0.5, 0.6) is 0 Å². The van der Waals surface area contributed by atoms with Crippen LogP contribution in [-0.2, 0) is 27.5 Å². The van der Waals surface area contributed by atoms with E-state index < -0.39 is 0 Å². The summed E-state index contributed by atoms with van der Waals surface area (Å²) in [7, 11) is 0. The summed E-state index contributed by atoms with van der Waals surface area (Å²) in [6, 6.07) is 13.4. The van der Waals surface area contributed by atoms with Crippen molar-refractivity contribution in [2.75, 3.05) is 6.54 Å². The molecule has 0 N–H and O–H groups in total. The van der Waals surface area contributed by atoms with Gasteiger partial charge < -0.3 is 9.32 Å². The van der Waals surface area contributed by atoms with Crippen LogP contribution in [0.15, 0.2) is 53.1 Å². The number of fused-ring (bicyclic) bond motifs is 1. The van der Waals surface area contributed by atoms with Gasteiger partial charge in [-0.15, -0.1) is 0 Å². The van der Waals surface area contributed by atoms with Crippen LogP contribution in [0.3, 0.4) is 0 Å². The Bertz CT molecular complexity index is 838. The van der Waals surface area contributed by atoms with Crippen LogP contribution in [0.2, 0.25) is 0 Å². The second kappa shape index (κ2) is 8.64. The quantitative estimate of drug-likeness (QED) is 0.675. The van der Waals surface area contributed by atoms with Gasteiger partial charge in [0.2, 0.25) is 17.7 Å². The maximum absolute atomic E-state index is 13.0. The number of hydrogen-bond donors (Lipinski definition) is 0. The minimum Gasteiger partial charge on any atom is -0.467 e. The first-order chi connectivity index (χ1) is 14.1. The lowest BCUT2D eigenvalue weighted by Crippen LogP contribution is -2.37. The first-order valence-corrected chi connectivity index (χ1v) is 10.3. The summed E-state index contributed by atoms with van der Waals surface area (Å²) in [5.74, 6) is 0.0837. The molecule has 6 heteroatoms. The number of benzene rings is 1. The Morgan fingerprint density at radius 1 is 0.966 bits per heavy atom. The van der Waals surface area contributed by atoms with E-state index in [0.717, 1.165) is 31.2 Å². The zero-order valence-corrected chi connectivity index (χ0v) is 16.5. The van der Waals surface area contributed by atoms with E-state index in [4.69, 9.17) is 4.42 Å². The summed E-state index contributed by atoms with van der Waals surface area (Å²) < 4.78 is 5.42. The van der Waals surface area contributed by atoms with Crippen LogP contribution in [0.1, 0.15) is 43.4 Å². The third kappa shape index (κ3) is 4.26. The van der Waals surface area contributed by atoms with Crippen molar-refractivity contribution in [1.82, 2.24) is 9.80 Å². The summed E-state index contributed by atoms with van der Waals surface area (Å²) in [6.45, 7) is 0.967. The fourth-order valence-electron chi connectivity index (χ4n) is 4.44. The summed E-state index contributed by atoms with van der Waals surface area (Å²) >= 11 is 0. The monoisotopic (exact) mass is 394 g/mol. The molecule has 1 saturated carbocycles. The lowest BCUT2D eigenvalue weighted by Gasteiger charge is -2.23. The van der Waals surface area contributed by atoms with Crippen molar-refractivity contribution in [3.63, 3.8) is 0 Å². The molecule has 1 aromatic heterocycles. The normalized spacial score (nSPS) is 21.3. The molecule has 2 atom stereocenters. The minimum atomic E-state index is -0.171. The highest BCUT2D eigenvalue weighted by molar-refractivity contribution is 6.05. The highest BCUT2D eigenvalue weighted by atomic mass is 16.3. The number of hydrogen-bond acceptors (Lipinski definition) is 4. The molecule has 4 rings (SSSR count). The van der Waals surface area contributed by atoms with Gasteiger partial charge in [-0.3, -0.25) is 19.3 Å². The Morgan fingerprint density at radius 2 is 1.66 bits per heavy atom. The molecule has 152 valence electrons. The molecule has 1 saturated heterocycles. The van der Waals surface area contributed by atoms with Gasteiger partial charge in [-0.25, -0.2) is 0 Å². The molecule has 1 aromatic carbocycles. The topological polar surface area (TPSA) is 70.8 Å². The molecule has 2 heterocycles. The SMILES string of the molecule is O=C(CCN1C(=O)C2CCCCC2C1=O)N(Cc1ccccc1)Cc1ccco1. The number of imide groups is 1. The Morgan fingerprint density at radius 3 is 2.28 bits per heavy atom. The smallest absolute Gasteiger partial charge is 0.233 e. The van der Waals surface area contributed by atoms with E-state index in [-0.39, 0.29) is 42.5 Å². The van der Waals surface area contributed by atoms with E-state index >= 15 is 0 Å². The molecule has 0 radical (unpaired) electrons. The Balaban J connectivity index is 1.42. The summed E-state index contributed by atoms with van der Waals surface area (Å²) in [5.41, 5.74) is 1.02. The zero-order valence-electron chi connectivity index (χ0n) is 16.5. The first kappa shape index (κ1) is 19.4. The molecule has 0 bridgehead atoms. The number of nitrogens with zero attached hydrogens (tertiary/aromatic N) is 2. The van der Waals surface area contributed by atoms with Crippen LogP contribution < -0.4 is 0 Å². The summed E-state index contributed by atoms with van der Waals surface area (Å²) in [5, 5.41) is 0. The molecule has 3 amide bonds. The van der Waals surface area contributed by atoms with E-state index in [0.29, 0.717) is 18.8 Å². The van der Waals surface area contributed by atoms with Gasteiger partial charge in [-0.2, -0.15) is 0 Å². The van der Waals surface area contributed by atoms with Crippen LogP contribution in [0.25, 0.3) is 0 Å². The van der Waals surface area contributed by atoms with Gasteiger partial charge in [-0.05, 0) is 30.5 Å². The maximum atomic E-state index is 13.0. The molecular weight excluding hydrogens is 368 g/mol. The Kier molecular flexibility index (Phi) is 5.79. The third-order valence-electron chi connectivity index (χ3n) is 5.98. The third-order valence-corrected chi connectivity index (χ3v) is 5.98. The lowest BCUT2D eigenvalue weighted by molar-refractivity contribution is -0.141. The fraction of sp³-hybridized carbons (Fsp3) is 0.435. The zero-order chi connectivity index (χ0) is 20.2. The van der Waals surface area contributed by atoms with Crippen molar-refractivity contribution in [3.8, 4) is 0 Å². The van der Waals surface area contributed by atoms with Gasteiger partial charge in [0.25, 0.3) is 0 Å². The molecule has 2 unspecified atom stereocenters. The number of rotatable bonds is 7. The van der Waals surface area contributed by atoms with Crippen LogP contribution in [0, 0.1) is 11.8 Å². The molecule has 1 aliphatic heterocycles. The number of carbonyl (C=O) groups is 3. The Labute approximate surface area is 170 Å². The van der Waals surface area contributed by atoms with Crippen LogP contribution >= 0.6 is 0 Å². The van der Waals surface area contributed by atoms with Crippen molar-refractivity contribution in [3.05, 3.63) is 60.1 Å². The molecule has 2 aromatic rings. The van der Waals surface area contributed by atoms with Gasteiger partial charge >= 0.3 is 0 Å². The van der Waals surface area contributed by atoms with Gasteiger partial charge in [-0.1, -0.05) is 43.2 Å². The standard InChI is InChI=1S/C23H26N2O4/c26-21(12-13-25-22(27)19-10-4-5-11-20(19)23(25)28)24(16-18-9-6-14-29-18)15-17-7-2-1-3-8-17/h1-3,6-9,14,19-20H,4-5,10-13,15-16H2. The van der Waals surface area contributed by atoms with Gasteiger partial charge in [0.05, 0.1) is 24.6 Å². The van der Waals surface area contributed by atoms with Gasteiger partial charge in [0.1, 0.15) is 5.76 Å². The van der Waals surface area contributed by atoms with E-state index in [9.17, 15) is 14.4 Å². The lowest BCUT2D eigenvalue weighted by atomic mass is 9.81. The van der Waals surface area contributed by atoms with Gasteiger partial charge in [0.15, 0.2) is 0 Å². The largest absolute Gasteiger partial charge is 0.467 e. The number of furan rings is 1. The highest BCUT2D eigenvalue weighted by Crippen LogP contribution is 2.38. The van der Waals surface area contributed by atoms with E-state index in [1.807, 2.05) is 36.4 Å². The predicted molar refractivity (Wildman–Crippen MR) is 106 cm³/mol. The molecule has 0 spiro atoms. The second-order valence-corrected chi connectivity index (χ2v) is 7.89. The summed E-state index contributed by atoms with van der Waals surface area (Å²) in [4.78, 5) is 41.3. The van der Waals surface area contributed by atoms with E-state index in [2.05, 4.69) is 0 Å². The number of amides is 3. The molecule has 2 fully saturated rings. The second-order valence-electron chi connectivity index (χ2n) is 7.89. The minimum absolute atomic E-state index is 0.0897. The number of carbonyl (C=O) groups excluding carboxylic acids is 3. The molecule has 2 aliphatic rings. The van der Waals surface area contributed by atoms with Crippen LogP contribution in [-0.4, -0.2) is 34.1 Å². The molecule has 29 heavy (non-hydrogen) atoms. The van der Waals surface area contributed by atoms with Crippen LogP contribution in [0.4, 0.5) is 0 Å². The van der Waals surface area contributed by atoms with E-state index in [1.165, 1.54) is 4.90 Å². The summed E-state index contributed by atoms with van der Waals surface area (Å²) in [6.07, 6.45) is 5.30. The van der Waals surface area contributed by atoms with Crippen molar-refractivity contribution >= 4 is 17.7 Å². The van der Waals surface area contributed by atoms with Gasteiger partial charge in [0, 0.05) is 19.5 Å². The highest BCUT2D eigenvalue weighted by Gasteiger charge is 2.47. The number of likely N-dealkylation sites (tertiary alicyclic amines) is 1. The van der Waals surface area contributed by atoms with Crippen molar-refractivity contribution in [1.29, 1.82) is 0 Å². The average Bonchev–Trinajstić information content (AvgIpc) is 3.34. The van der Waals surface area contributed by atoms with E-state index in [1.54, 1.807) is 17.2 Å². The van der Waals surface area contributed by atoms with Crippen molar-refractivity contribution in [2.45, 2.75) is 45.2 Å². The molecular formula is C23H26N2O4. The predicted octanol–water partition coefficient (Wildman–Crippen LogP) is 3.37. The maximum Gasteiger partial charge on any atom is 0.233 e. The Hall–Kier alpha value is -2.89. The van der Waals surface area contributed by atoms with Crippen molar-refractivity contribution < 1.29 is 18.8 Å². The average molecular weight is 394 g/mol. The molecule has 6 nitrogen and oxygen atoms in total. The van der Waals surface area contributed by atoms with Crippen molar-refractivity contribution in [2.24, 2.45) is 11.8 Å².